The second-order valence-corrected chi connectivity index (χ2v) is 6.14. The fraction of sp³-hybridized carbons (Fsp3) is 0.294. The van der Waals surface area contributed by atoms with Gasteiger partial charge in [0.1, 0.15) is 17.1 Å². The minimum absolute atomic E-state index is 0.0927. The number of aromatic nitrogens is 1. The van der Waals surface area contributed by atoms with Gasteiger partial charge in [-0.15, -0.1) is 0 Å². The zero-order chi connectivity index (χ0) is 18.9. The lowest BCUT2D eigenvalue weighted by molar-refractivity contribution is -0.131. The Kier molecular flexibility index (Phi) is 4.45. The molecule has 1 aliphatic heterocycles. The largest absolute Gasteiger partial charge is 0.360 e. The Morgan fingerprint density at radius 3 is 2.65 bits per heavy atom. The number of amides is 4. The lowest BCUT2D eigenvalue weighted by atomic mass is 9.92. The number of rotatable bonds is 5. The van der Waals surface area contributed by atoms with Gasteiger partial charge >= 0.3 is 6.03 Å². The van der Waals surface area contributed by atoms with Crippen molar-refractivity contribution in [3.63, 3.8) is 0 Å². The second-order valence-electron chi connectivity index (χ2n) is 6.14. The molecule has 1 aromatic carbocycles. The maximum atomic E-state index is 13.1. The van der Waals surface area contributed by atoms with Gasteiger partial charge in [0.05, 0.1) is 0 Å². The highest BCUT2D eigenvalue weighted by molar-refractivity contribution is 6.07. The van der Waals surface area contributed by atoms with Crippen molar-refractivity contribution in [1.82, 2.24) is 15.4 Å². The van der Waals surface area contributed by atoms with Gasteiger partial charge in [-0.3, -0.25) is 14.5 Å². The average molecular weight is 360 g/mol. The molecule has 2 aromatic rings. The van der Waals surface area contributed by atoms with Crippen LogP contribution in [0.4, 0.5) is 15.0 Å². The Balaban J connectivity index is 1.65. The molecule has 2 heterocycles. The third kappa shape index (κ3) is 3.28. The molecular formula is C17H17FN4O4. The summed E-state index contributed by atoms with van der Waals surface area (Å²) in [5.41, 5.74) is -0.841. The van der Waals surface area contributed by atoms with Gasteiger partial charge in [-0.1, -0.05) is 17.3 Å². The molecule has 8 nitrogen and oxygen atoms in total. The zero-order valence-electron chi connectivity index (χ0n) is 14.2. The summed E-state index contributed by atoms with van der Waals surface area (Å²) in [5.74, 6) is -0.537. The third-order valence-electron chi connectivity index (χ3n) is 4.15. The fourth-order valence-electron chi connectivity index (χ4n) is 2.72. The summed E-state index contributed by atoms with van der Waals surface area (Å²) >= 11 is 0. The molecule has 1 fully saturated rings. The van der Waals surface area contributed by atoms with Crippen LogP contribution >= 0.6 is 0 Å². The molecule has 0 saturated carbocycles. The monoisotopic (exact) mass is 360 g/mol. The van der Waals surface area contributed by atoms with Crippen LogP contribution in [0, 0.1) is 12.7 Å². The Bertz CT molecular complexity index is 864. The van der Waals surface area contributed by atoms with Crippen LogP contribution in [0.3, 0.4) is 0 Å². The standard InChI is InChI=1S/C17H17FN4O4/c1-10-9-13(21-26-10)19-14(23)7-8-22-15(24)17(2,20-16(22)25)11-3-5-12(18)6-4-11/h3-6,9H,7-8H2,1-2H3,(H,20,25)(H,19,21,23)/t17-/m1/s1. The summed E-state index contributed by atoms with van der Waals surface area (Å²) in [6.07, 6.45) is -0.0927. The molecule has 9 heteroatoms. The van der Waals surface area contributed by atoms with Gasteiger partial charge in [0, 0.05) is 19.0 Å². The number of aryl methyl sites for hydroxylation is 1. The van der Waals surface area contributed by atoms with Gasteiger partial charge in [-0.25, -0.2) is 9.18 Å². The number of carbonyl (C=O) groups is 3. The molecule has 3 rings (SSSR count). The highest BCUT2D eigenvalue weighted by Gasteiger charge is 2.48. The molecule has 4 amide bonds. The minimum Gasteiger partial charge on any atom is -0.360 e. The van der Waals surface area contributed by atoms with Crippen molar-refractivity contribution in [1.29, 1.82) is 0 Å². The van der Waals surface area contributed by atoms with E-state index >= 15 is 0 Å². The number of anilines is 1. The number of urea groups is 1. The molecule has 1 saturated heterocycles. The van der Waals surface area contributed by atoms with Crippen molar-refractivity contribution >= 4 is 23.7 Å². The molecule has 26 heavy (non-hydrogen) atoms. The number of nitrogens with zero attached hydrogens (tertiary/aromatic N) is 2. The van der Waals surface area contributed by atoms with E-state index < -0.39 is 29.2 Å². The molecule has 136 valence electrons. The SMILES string of the molecule is Cc1cc(NC(=O)CCN2C(=O)N[C@](C)(c3ccc(F)cc3)C2=O)no1. The molecule has 0 spiro atoms. The summed E-state index contributed by atoms with van der Waals surface area (Å²) in [6, 6.07) is 6.27. The second kappa shape index (κ2) is 6.58. The van der Waals surface area contributed by atoms with Gasteiger partial charge < -0.3 is 15.2 Å². The molecule has 2 N–H and O–H groups in total. The van der Waals surface area contributed by atoms with Gasteiger partial charge in [0.15, 0.2) is 5.82 Å². The highest BCUT2D eigenvalue weighted by Crippen LogP contribution is 2.29. The predicted octanol–water partition coefficient (Wildman–Crippen LogP) is 1.92. The minimum atomic E-state index is -1.30. The van der Waals surface area contributed by atoms with Crippen molar-refractivity contribution in [2.75, 3.05) is 11.9 Å². The molecule has 1 aromatic heterocycles. The molecular weight excluding hydrogens is 343 g/mol. The first-order valence-electron chi connectivity index (χ1n) is 7.93. The van der Waals surface area contributed by atoms with Gasteiger partial charge in [0.2, 0.25) is 5.91 Å². The summed E-state index contributed by atoms with van der Waals surface area (Å²) in [6.45, 7) is 3.13. The van der Waals surface area contributed by atoms with Crippen LogP contribution in [0.15, 0.2) is 34.9 Å². The predicted molar refractivity (Wildman–Crippen MR) is 88.5 cm³/mol. The zero-order valence-corrected chi connectivity index (χ0v) is 14.2. The average Bonchev–Trinajstić information content (AvgIpc) is 3.08. The smallest absolute Gasteiger partial charge is 0.325 e. The van der Waals surface area contributed by atoms with Gasteiger partial charge in [0.25, 0.3) is 5.91 Å². The van der Waals surface area contributed by atoms with E-state index in [1.807, 2.05) is 0 Å². The molecule has 0 aliphatic carbocycles. The molecule has 1 atom stereocenters. The highest BCUT2D eigenvalue weighted by atomic mass is 19.1. The Morgan fingerprint density at radius 2 is 2.04 bits per heavy atom. The van der Waals surface area contributed by atoms with Crippen LogP contribution in [0.25, 0.3) is 0 Å². The Morgan fingerprint density at radius 1 is 1.35 bits per heavy atom. The van der Waals surface area contributed by atoms with E-state index in [2.05, 4.69) is 15.8 Å². The topological polar surface area (TPSA) is 105 Å². The van der Waals surface area contributed by atoms with Crippen LogP contribution in [0.1, 0.15) is 24.7 Å². The summed E-state index contributed by atoms with van der Waals surface area (Å²) in [5, 5.41) is 8.76. The van der Waals surface area contributed by atoms with Crippen molar-refractivity contribution in [3.8, 4) is 0 Å². The van der Waals surface area contributed by atoms with E-state index in [4.69, 9.17) is 4.52 Å². The van der Waals surface area contributed by atoms with Crippen molar-refractivity contribution in [2.24, 2.45) is 0 Å². The van der Waals surface area contributed by atoms with Crippen LogP contribution in [0.5, 0.6) is 0 Å². The summed E-state index contributed by atoms with van der Waals surface area (Å²) in [4.78, 5) is 37.8. The summed E-state index contributed by atoms with van der Waals surface area (Å²) < 4.78 is 17.9. The van der Waals surface area contributed by atoms with Crippen LogP contribution in [0.2, 0.25) is 0 Å². The number of imide groups is 1. The molecule has 1 aliphatic rings. The lowest BCUT2D eigenvalue weighted by Gasteiger charge is -2.22. The number of benzene rings is 1. The van der Waals surface area contributed by atoms with Gasteiger partial charge in [-0.2, -0.15) is 0 Å². The Hall–Kier alpha value is -3.23. The number of hydrogen-bond acceptors (Lipinski definition) is 5. The lowest BCUT2D eigenvalue weighted by Crippen LogP contribution is -2.41. The number of carbonyl (C=O) groups excluding carboxylic acids is 3. The van der Waals surface area contributed by atoms with Crippen LogP contribution < -0.4 is 10.6 Å². The van der Waals surface area contributed by atoms with Crippen molar-refractivity contribution in [2.45, 2.75) is 25.8 Å². The summed E-state index contributed by atoms with van der Waals surface area (Å²) in [7, 11) is 0. The van der Waals surface area contributed by atoms with E-state index in [1.54, 1.807) is 19.9 Å². The van der Waals surface area contributed by atoms with Gasteiger partial charge in [-0.05, 0) is 31.5 Å². The van der Waals surface area contributed by atoms with E-state index in [0.29, 0.717) is 11.3 Å². The van der Waals surface area contributed by atoms with E-state index in [1.165, 1.54) is 24.3 Å². The van der Waals surface area contributed by atoms with E-state index in [-0.39, 0.29) is 18.8 Å². The number of hydrogen-bond donors (Lipinski definition) is 2. The maximum Gasteiger partial charge on any atom is 0.325 e. The quantitative estimate of drug-likeness (QED) is 0.793. The van der Waals surface area contributed by atoms with Crippen LogP contribution in [-0.2, 0) is 15.1 Å². The first-order chi connectivity index (χ1) is 12.3. The molecule has 0 radical (unpaired) electrons. The third-order valence-corrected chi connectivity index (χ3v) is 4.15. The van der Waals surface area contributed by atoms with E-state index in [9.17, 15) is 18.8 Å². The van der Waals surface area contributed by atoms with E-state index in [0.717, 1.165) is 4.90 Å². The molecule has 0 bridgehead atoms. The van der Waals surface area contributed by atoms with Crippen molar-refractivity contribution in [3.05, 3.63) is 47.5 Å². The number of nitrogens with one attached hydrogen (secondary N) is 2. The first kappa shape index (κ1) is 17.6. The number of halogens is 1. The Labute approximate surface area is 148 Å². The fourth-order valence-corrected chi connectivity index (χ4v) is 2.72. The maximum absolute atomic E-state index is 13.1. The van der Waals surface area contributed by atoms with Crippen molar-refractivity contribution < 1.29 is 23.3 Å². The van der Waals surface area contributed by atoms with Crippen LogP contribution in [-0.4, -0.2) is 34.4 Å². The molecule has 0 unspecified atom stereocenters. The first-order valence-corrected chi connectivity index (χ1v) is 7.93. The normalized spacial score (nSPS) is 19.6.